The summed E-state index contributed by atoms with van der Waals surface area (Å²) in [4.78, 5) is 24.1. The van der Waals surface area contributed by atoms with Crippen molar-refractivity contribution in [3.8, 4) is 0 Å². The summed E-state index contributed by atoms with van der Waals surface area (Å²) in [6.07, 6.45) is 4.02. The molecule has 0 aromatic heterocycles. The summed E-state index contributed by atoms with van der Waals surface area (Å²) < 4.78 is 0. The van der Waals surface area contributed by atoms with E-state index < -0.39 is 5.54 Å². The summed E-state index contributed by atoms with van der Waals surface area (Å²) in [5.41, 5.74) is 0.866. The van der Waals surface area contributed by atoms with Crippen LogP contribution in [0.1, 0.15) is 43.0 Å². The Hall–Kier alpha value is -1.88. The van der Waals surface area contributed by atoms with Crippen LogP contribution in [0.3, 0.4) is 0 Å². The van der Waals surface area contributed by atoms with Gasteiger partial charge in [0.1, 0.15) is 0 Å². The third-order valence-corrected chi connectivity index (χ3v) is 4.19. The predicted molar refractivity (Wildman–Crippen MR) is 81.2 cm³/mol. The van der Waals surface area contributed by atoms with Gasteiger partial charge in [0, 0.05) is 17.3 Å². The van der Waals surface area contributed by atoms with Gasteiger partial charge in [-0.2, -0.15) is 0 Å². The van der Waals surface area contributed by atoms with Crippen molar-refractivity contribution in [1.29, 1.82) is 0 Å². The van der Waals surface area contributed by atoms with E-state index in [1.54, 1.807) is 24.3 Å². The molecule has 1 heterocycles. The number of hydrogen-bond acceptors (Lipinski definition) is 3. The first kappa shape index (κ1) is 14.1. The lowest BCUT2D eigenvalue weighted by atomic mass is 9.99. The molecule has 1 saturated heterocycles. The van der Waals surface area contributed by atoms with Crippen LogP contribution in [0.4, 0.5) is 5.69 Å². The summed E-state index contributed by atoms with van der Waals surface area (Å²) >= 11 is 0. The molecule has 0 radical (unpaired) electrons. The number of amides is 2. The molecule has 112 valence electrons. The first-order valence-electron chi connectivity index (χ1n) is 7.54. The number of hydrogen-bond donors (Lipinski definition) is 3. The van der Waals surface area contributed by atoms with E-state index in [1.165, 1.54) is 0 Å². The molecule has 5 nitrogen and oxygen atoms in total. The molecule has 2 amide bonds. The second-order valence-electron chi connectivity index (χ2n) is 6.14. The van der Waals surface area contributed by atoms with Crippen molar-refractivity contribution in [2.75, 3.05) is 11.9 Å². The van der Waals surface area contributed by atoms with E-state index in [1.807, 2.05) is 6.92 Å². The quantitative estimate of drug-likeness (QED) is 0.789. The van der Waals surface area contributed by atoms with Crippen molar-refractivity contribution in [2.45, 2.75) is 44.2 Å². The van der Waals surface area contributed by atoms with Crippen LogP contribution in [0.25, 0.3) is 0 Å². The lowest BCUT2D eigenvalue weighted by molar-refractivity contribution is -0.121. The Morgan fingerprint density at radius 3 is 2.52 bits per heavy atom. The first-order valence-corrected chi connectivity index (χ1v) is 7.54. The molecule has 0 bridgehead atoms. The molecule has 21 heavy (non-hydrogen) atoms. The monoisotopic (exact) mass is 287 g/mol. The highest BCUT2D eigenvalue weighted by Gasteiger charge is 2.35. The highest BCUT2D eigenvalue weighted by molar-refractivity contribution is 5.99. The van der Waals surface area contributed by atoms with Crippen LogP contribution in [-0.4, -0.2) is 29.9 Å². The number of nitrogens with one attached hydrogen (secondary N) is 3. The molecule has 1 aromatic carbocycles. The average molecular weight is 287 g/mol. The summed E-state index contributed by atoms with van der Waals surface area (Å²) in [5, 5.41) is 9.09. The Bertz CT molecular complexity index is 543. The average Bonchev–Trinajstić information content (AvgIpc) is 3.17. The van der Waals surface area contributed by atoms with Crippen molar-refractivity contribution in [2.24, 2.45) is 0 Å². The maximum Gasteiger partial charge on any atom is 0.251 e. The summed E-state index contributed by atoms with van der Waals surface area (Å²) in [7, 11) is 0. The Morgan fingerprint density at radius 1 is 1.24 bits per heavy atom. The van der Waals surface area contributed by atoms with Gasteiger partial charge in [0.25, 0.3) is 5.91 Å². The van der Waals surface area contributed by atoms with Crippen LogP contribution in [0.15, 0.2) is 24.3 Å². The topological polar surface area (TPSA) is 70.2 Å². The van der Waals surface area contributed by atoms with Crippen LogP contribution >= 0.6 is 0 Å². The molecular weight excluding hydrogens is 266 g/mol. The molecule has 1 aliphatic heterocycles. The minimum Gasteiger partial charge on any atom is -0.349 e. The van der Waals surface area contributed by atoms with E-state index in [-0.39, 0.29) is 11.8 Å². The van der Waals surface area contributed by atoms with Crippen molar-refractivity contribution in [1.82, 2.24) is 10.6 Å². The van der Waals surface area contributed by atoms with Crippen LogP contribution in [0, 0.1) is 0 Å². The van der Waals surface area contributed by atoms with Crippen LogP contribution in [0.2, 0.25) is 0 Å². The molecule has 0 spiro atoms. The lowest BCUT2D eigenvalue weighted by Gasteiger charge is -2.23. The van der Waals surface area contributed by atoms with Crippen molar-refractivity contribution < 1.29 is 9.59 Å². The van der Waals surface area contributed by atoms with Gasteiger partial charge in [-0.3, -0.25) is 9.59 Å². The minimum atomic E-state index is -0.484. The van der Waals surface area contributed by atoms with Crippen LogP contribution in [0.5, 0.6) is 0 Å². The van der Waals surface area contributed by atoms with Gasteiger partial charge in [-0.15, -0.1) is 0 Å². The fourth-order valence-corrected chi connectivity index (χ4v) is 2.56. The van der Waals surface area contributed by atoms with Gasteiger partial charge in [0.2, 0.25) is 5.91 Å². The maximum atomic E-state index is 12.3. The van der Waals surface area contributed by atoms with Crippen molar-refractivity contribution >= 4 is 17.5 Å². The largest absolute Gasteiger partial charge is 0.349 e. The van der Waals surface area contributed by atoms with Gasteiger partial charge in [-0.05, 0) is 63.4 Å². The van der Waals surface area contributed by atoms with Gasteiger partial charge < -0.3 is 16.0 Å². The standard InChI is InChI=1S/C16H21N3O2/c1-16(9-2-10-17-16)15(21)19-13-5-3-11(4-6-13)14(20)18-12-7-8-12/h3-6,12,17H,2,7-10H2,1H3,(H,18,20)(H,19,21). The Balaban J connectivity index is 1.61. The molecular formula is C16H21N3O2. The molecule has 2 aliphatic rings. The molecule has 1 aromatic rings. The molecule has 1 saturated carbocycles. The van der Waals surface area contributed by atoms with Crippen molar-refractivity contribution in [3.63, 3.8) is 0 Å². The van der Waals surface area contributed by atoms with E-state index in [0.29, 0.717) is 11.6 Å². The zero-order valence-electron chi connectivity index (χ0n) is 12.2. The predicted octanol–water partition coefficient (Wildman–Crippen LogP) is 1.66. The van der Waals surface area contributed by atoms with Gasteiger partial charge in [-0.1, -0.05) is 0 Å². The molecule has 1 atom stereocenters. The zero-order valence-corrected chi connectivity index (χ0v) is 12.2. The van der Waals surface area contributed by atoms with E-state index in [9.17, 15) is 9.59 Å². The molecule has 1 aliphatic carbocycles. The van der Waals surface area contributed by atoms with Crippen LogP contribution < -0.4 is 16.0 Å². The Morgan fingerprint density at radius 2 is 1.95 bits per heavy atom. The first-order chi connectivity index (χ1) is 10.1. The number of rotatable bonds is 4. The Kier molecular flexibility index (Phi) is 3.68. The number of carbonyl (C=O) groups is 2. The molecule has 5 heteroatoms. The van der Waals surface area contributed by atoms with Crippen LogP contribution in [-0.2, 0) is 4.79 Å². The number of anilines is 1. The lowest BCUT2D eigenvalue weighted by Crippen LogP contribution is -2.47. The van der Waals surface area contributed by atoms with Gasteiger partial charge >= 0.3 is 0 Å². The maximum absolute atomic E-state index is 12.3. The molecule has 2 fully saturated rings. The number of benzene rings is 1. The third kappa shape index (κ3) is 3.24. The summed E-state index contributed by atoms with van der Waals surface area (Å²) in [5.74, 6) is -0.0602. The summed E-state index contributed by atoms with van der Waals surface area (Å²) in [6.45, 7) is 2.80. The molecule has 1 unspecified atom stereocenters. The van der Waals surface area contributed by atoms with E-state index in [0.717, 1.165) is 37.9 Å². The van der Waals surface area contributed by atoms with Gasteiger partial charge in [0.15, 0.2) is 0 Å². The summed E-state index contributed by atoms with van der Waals surface area (Å²) in [6, 6.07) is 7.40. The highest BCUT2D eigenvalue weighted by atomic mass is 16.2. The van der Waals surface area contributed by atoms with E-state index >= 15 is 0 Å². The second kappa shape index (κ2) is 5.48. The zero-order chi connectivity index (χ0) is 14.9. The smallest absolute Gasteiger partial charge is 0.251 e. The molecule has 3 rings (SSSR count). The fourth-order valence-electron chi connectivity index (χ4n) is 2.56. The second-order valence-corrected chi connectivity index (χ2v) is 6.14. The highest BCUT2D eigenvalue weighted by Crippen LogP contribution is 2.22. The van der Waals surface area contributed by atoms with Crippen molar-refractivity contribution in [3.05, 3.63) is 29.8 Å². The number of carbonyl (C=O) groups excluding carboxylic acids is 2. The molecule has 3 N–H and O–H groups in total. The van der Waals surface area contributed by atoms with Gasteiger partial charge in [0.05, 0.1) is 5.54 Å². The normalized spacial score (nSPS) is 24.6. The fraction of sp³-hybridized carbons (Fsp3) is 0.500. The van der Waals surface area contributed by atoms with E-state index in [4.69, 9.17) is 0 Å². The van der Waals surface area contributed by atoms with Gasteiger partial charge in [-0.25, -0.2) is 0 Å². The SMILES string of the molecule is CC1(C(=O)Nc2ccc(C(=O)NC3CC3)cc2)CCCN1. The minimum absolute atomic E-state index is 0.0184. The Labute approximate surface area is 124 Å². The third-order valence-electron chi connectivity index (χ3n) is 4.19. The van der Waals surface area contributed by atoms with E-state index in [2.05, 4.69) is 16.0 Å².